The summed E-state index contributed by atoms with van der Waals surface area (Å²) in [7, 11) is -3.07. The Morgan fingerprint density at radius 2 is 2.07 bits per heavy atom. The lowest BCUT2D eigenvalue weighted by Crippen LogP contribution is -2.08. The fourth-order valence-corrected chi connectivity index (χ4v) is 2.44. The van der Waals surface area contributed by atoms with Crippen molar-refractivity contribution in [2.24, 2.45) is 0 Å². The standard InChI is InChI=1S/C9H14N2O2S2/c1-4-7-6(2)10-8(11-9(7)14)5-15(3,12)13/h4-5H2,1-3H3,(H,10,11,14). The largest absolute Gasteiger partial charge is 0.346 e. The number of aromatic nitrogens is 2. The van der Waals surface area contributed by atoms with E-state index in [0.717, 1.165) is 17.7 Å². The lowest BCUT2D eigenvalue weighted by Gasteiger charge is -2.06. The molecule has 0 atom stereocenters. The number of nitrogens with zero attached hydrogens (tertiary/aromatic N) is 1. The van der Waals surface area contributed by atoms with E-state index in [0.29, 0.717) is 10.5 Å². The molecule has 0 radical (unpaired) electrons. The van der Waals surface area contributed by atoms with Crippen LogP contribution in [0.3, 0.4) is 0 Å². The van der Waals surface area contributed by atoms with E-state index in [2.05, 4.69) is 9.97 Å². The lowest BCUT2D eigenvalue weighted by atomic mass is 10.2. The summed E-state index contributed by atoms with van der Waals surface area (Å²) in [6.45, 7) is 3.87. The van der Waals surface area contributed by atoms with Crippen molar-refractivity contribution in [2.75, 3.05) is 6.26 Å². The van der Waals surface area contributed by atoms with E-state index in [-0.39, 0.29) is 5.75 Å². The Hall–Kier alpha value is -0.750. The van der Waals surface area contributed by atoms with E-state index in [4.69, 9.17) is 12.2 Å². The Labute approximate surface area is 94.7 Å². The molecule has 6 heteroatoms. The molecule has 0 amide bonds. The molecule has 1 aromatic rings. The van der Waals surface area contributed by atoms with E-state index in [1.165, 1.54) is 6.26 Å². The normalized spacial score (nSPS) is 11.7. The first-order valence-corrected chi connectivity index (χ1v) is 7.06. The summed E-state index contributed by atoms with van der Waals surface area (Å²) < 4.78 is 22.7. The quantitative estimate of drug-likeness (QED) is 0.822. The highest BCUT2D eigenvalue weighted by atomic mass is 32.2. The Bertz CT molecular complexity index is 517. The first-order valence-electron chi connectivity index (χ1n) is 4.60. The number of sulfone groups is 1. The second-order valence-corrected chi connectivity index (χ2v) is 6.04. The van der Waals surface area contributed by atoms with Crippen LogP contribution in [0, 0.1) is 11.6 Å². The van der Waals surface area contributed by atoms with E-state index in [9.17, 15) is 8.42 Å². The van der Waals surface area contributed by atoms with Gasteiger partial charge in [0.15, 0.2) is 9.84 Å². The molecule has 84 valence electrons. The van der Waals surface area contributed by atoms with Gasteiger partial charge in [0.25, 0.3) is 0 Å². The van der Waals surface area contributed by atoms with Crippen molar-refractivity contribution in [3.05, 3.63) is 21.7 Å². The van der Waals surface area contributed by atoms with Gasteiger partial charge in [0, 0.05) is 17.5 Å². The van der Waals surface area contributed by atoms with Gasteiger partial charge in [-0.25, -0.2) is 13.4 Å². The molecule has 4 nitrogen and oxygen atoms in total. The van der Waals surface area contributed by atoms with Gasteiger partial charge in [-0.15, -0.1) is 0 Å². The van der Waals surface area contributed by atoms with Crippen LogP contribution in [-0.4, -0.2) is 24.6 Å². The van der Waals surface area contributed by atoms with E-state index >= 15 is 0 Å². The van der Waals surface area contributed by atoms with Gasteiger partial charge in [0.1, 0.15) is 16.2 Å². The van der Waals surface area contributed by atoms with Crippen molar-refractivity contribution in [2.45, 2.75) is 26.0 Å². The summed E-state index contributed by atoms with van der Waals surface area (Å²) in [6, 6.07) is 0. The molecule has 0 aliphatic carbocycles. The molecule has 0 aliphatic heterocycles. The highest BCUT2D eigenvalue weighted by Crippen LogP contribution is 2.09. The van der Waals surface area contributed by atoms with Crippen molar-refractivity contribution < 1.29 is 8.42 Å². The van der Waals surface area contributed by atoms with Crippen molar-refractivity contribution in [1.29, 1.82) is 0 Å². The maximum absolute atomic E-state index is 11.1. The number of aryl methyl sites for hydroxylation is 1. The molecular formula is C9H14N2O2S2. The summed E-state index contributed by atoms with van der Waals surface area (Å²) >= 11 is 5.09. The average molecular weight is 246 g/mol. The highest BCUT2D eigenvalue weighted by Gasteiger charge is 2.09. The minimum absolute atomic E-state index is 0.0958. The van der Waals surface area contributed by atoms with Gasteiger partial charge in [-0.1, -0.05) is 19.1 Å². The Morgan fingerprint density at radius 1 is 1.47 bits per heavy atom. The van der Waals surface area contributed by atoms with Gasteiger partial charge >= 0.3 is 0 Å². The summed E-state index contributed by atoms with van der Waals surface area (Å²) in [6.07, 6.45) is 1.97. The molecule has 0 saturated heterocycles. The van der Waals surface area contributed by atoms with Crippen LogP contribution in [0.4, 0.5) is 0 Å². The van der Waals surface area contributed by atoms with Gasteiger partial charge in [-0.2, -0.15) is 0 Å². The highest BCUT2D eigenvalue weighted by molar-refractivity contribution is 7.89. The van der Waals surface area contributed by atoms with E-state index < -0.39 is 9.84 Å². The number of hydrogen-bond acceptors (Lipinski definition) is 4. The molecule has 0 spiro atoms. The fourth-order valence-electron chi connectivity index (χ4n) is 1.40. The van der Waals surface area contributed by atoms with Gasteiger partial charge in [-0.3, -0.25) is 0 Å². The predicted octanol–water partition coefficient (Wildman–Crippen LogP) is 1.55. The summed E-state index contributed by atoms with van der Waals surface area (Å²) in [4.78, 5) is 7.04. The molecule has 1 N–H and O–H groups in total. The van der Waals surface area contributed by atoms with E-state index in [1.807, 2.05) is 13.8 Å². The Morgan fingerprint density at radius 3 is 2.47 bits per heavy atom. The maximum atomic E-state index is 11.1. The van der Waals surface area contributed by atoms with Crippen LogP contribution in [0.15, 0.2) is 0 Å². The SMILES string of the molecule is CCc1c(C)[nH]c(CS(C)(=O)=O)nc1=S. The molecule has 0 unspecified atom stereocenters. The molecule has 0 bridgehead atoms. The van der Waals surface area contributed by atoms with Crippen molar-refractivity contribution >= 4 is 22.1 Å². The Balaban J connectivity index is 3.21. The molecule has 0 saturated carbocycles. The smallest absolute Gasteiger partial charge is 0.154 e. The molecule has 0 fully saturated rings. The third kappa shape index (κ3) is 3.39. The lowest BCUT2D eigenvalue weighted by molar-refractivity contribution is 0.599. The summed E-state index contributed by atoms with van der Waals surface area (Å²) in [5, 5.41) is 0. The number of aromatic amines is 1. The molecule has 0 aromatic carbocycles. The van der Waals surface area contributed by atoms with Gasteiger partial charge in [0.05, 0.1) is 0 Å². The van der Waals surface area contributed by atoms with Crippen LogP contribution in [0.2, 0.25) is 0 Å². The number of H-pyrrole nitrogens is 1. The molecule has 1 heterocycles. The third-order valence-electron chi connectivity index (χ3n) is 2.03. The van der Waals surface area contributed by atoms with Crippen LogP contribution >= 0.6 is 12.2 Å². The second-order valence-electron chi connectivity index (χ2n) is 3.52. The molecule has 15 heavy (non-hydrogen) atoms. The minimum atomic E-state index is -3.07. The average Bonchev–Trinajstić information content (AvgIpc) is 1.99. The summed E-state index contributed by atoms with van der Waals surface area (Å²) in [5.74, 6) is 0.318. The first kappa shape index (κ1) is 12.3. The second kappa shape index (κ2) is 4.40. The molecule has 0 aliphatic rings. The number of nitrogens with one attached hydrogen (secondary N) is 1. The molecular weight excluding hydrogens is 232 g/mol. The first-order chi connectivity index (χ1) is 6.83. The van der Waals surface area contributed by atoms with Crippen LogP contribution in [0.1, 0.15) is 24.0 Å². The van der Waals surface area contributed by atoms with Gasteiger partial charge in [0.2, 0.25) is 0 Å². The molecule has 1 rings (SSSR count). The monoisotopic (exact) mass is 246 g/mol. The minimum Gasteiger partial charge on any atom is -0.346 e. The zero-order chi connectivity index (χ0) is 11.6. The fraction of sp³-hybridized carbons (Fsp3) is 0.556. The zero-order valence-electron chi connectivity index (χ0n) is 8.99. The van der Waals surface area contributed by atoms with Crippen LogP contribution in [0.5, 0.6) is 0 Å². The number of rotatable bonds is 3. The number of hydrogen-bond donors (Lipinski definition) is 1. The summed E-state index contributed by atoms with van der Waals surface area (Å²) in [5.41, 5.74) is 1.87. The van der Waals surface area contributed by atoms with E-state index in [1.54, 1.807) is 0 Å². The van der Waals surface area contributed by atoms with Crippen molar-refractivity contribution in [3.63, 3.8) is 0 Å². The Kier molecular flexibility index (Phi) is 3.62. The predicted molar refractivity (Wildman–Crippen MR) is 62.1 cm³/mol. The van der Waals surface area contributed by atoms with Crippen molar-refractivity contribution in [1.82, 2.24) is 9.97 Å². The topological polar surface area (TPSA) is 62.8 Å². The van der Waals surface area contributed by atoms with Crippen LogP contribution < -0.4 is 0 Å². The van der Waals surface area contributed by atoms with Crippen LogP contribution in [-0.2, 0) is 22.0 Å². The van der Waals surface area contributed by atoms with Crippen molar-refractivity contribution in [3.8, 4) is 0 Å². The maximum Gasteiger partial charge on any atom is 0.154 e. The molecule has 1 aromatic heterocycles. The van der Waals surface area contributed by atoms with Gasteiger partial charge in [-0.05, 0) is 13.3 Å². The zero-order valence-corrected chi connectivity index (χ0v) is 10.6. The van der Waals surface area contributed by atoms with Gasteiger partial charge < -0.3 is 4.98 Å². The third-order valence-corrected chi connectivity index (χ3v) is 3.17. The van der Waals surface area contributed by atoms with Crippen LogP contribution in [0.25, 0.3) is 0 Å².